The van der Waals surface area contributed by atoms with Crippen LogP contribution in [0, 0.1) is 6.92 Å². The zero-order chi connectivity index (χ0) is 14.1. The van der Waals surface area contributed by atoms with Crippen molar-refractivity contribution in [2.75, 3.05) is 0 Å². The van der Waals surface area contributed by atoms with E-state index in [4.69, 9.17) is 5.73 Å². The number of hydrogen-bond acceptors (Lipinski definition) is 1. The summed E-state index contributed by atoms with van der Waals surface area (Å²) in [6.07, 6.45) is 0. The lowest BCUT2D eigenvalue weighted by Crippen LogP contribution is -2.13. The van der Waals surface area contributed by atoms with Gasteiger partial charge in [-0.05, 0) is 18.6 Å². The molecule has 100 valence electrons. The number of carbonyl (C=O) groups excluding carboxylic acids is 1. The van der Waals surface area contributed by atoms with Crippen molar-refractivity contribution in [3.8, 4) is 0 Å². The summed E-state index contributed by atoms with van der Waals surface area (Å²) in [6.45, 7) is 2.68. The molecule has 3 nitrogen and oxygen atoms in total. The molecular weight excluding hydrogens is 248 g/mol. The van der Waals surface area contributed by atoms with Crippen LogP contribution >= 0.6 is 0 Å². The van der Waals surface area contributed by atoms with E-state index in [1.54, 1.807) is 0 Å². The van der Waals surface area contributed by atoms with Crippen LogP contribution in [0.3, 0.4) is 0 Å². The Labute approximate surface area is 117 Å². The van der Waals surface area contributed by atoms with E-state index in [0.29, 0.717) is 5.56 Å². The number of fused-ring (bicyclic) bond motifs is 1. The fourth-order valence-corrected chi connectivity index (χ4v) is 2.71. The normalized spacial score (nSPS) is 10.8. The van der Waals surface area contributed by atoms with Crippen molar-refractivity contribution < 1.29 is 4.79 Å². The van der Waals surface area contributed by atoms with Crippen LogP contribution in [0.5, 0.6) is 0 Å². The highest BCUT2D eigenvalue weighted by atomic mass is 16.1. The molecule has 0 aliphatic carbocycles. The average Bonchev–Trinajstić information content (AvgIpc) is 2.73. The van der Waals surface area contributed by atoms with Crippen LogP contribution in [0.2, 0.25) is 0 Å². The van der Waals surface area contributed by atoms with Gasteiger partial charge < -0.3 is 10.3 Å². The SMILES string of the molecule is Cc1c(C(N)=O)c2ccccc2n1Cc1ccccc1. The van der Waals surface area contributed by atoms with E-state index in [9.17, 15) is 4.79 Å². The van der Waals surface area contributed by atoms with Gasteiger partial charge in [0, 0.05) is 23.1 Å². The number of primary amides is 1. The monoisotopic (exact) mass is 264 g/mol. The van der Waals surface area contributed by atoms with E-state index in [2.05, 4.69) is 16.7 Å². The molecule has 3 rings (SSSR count). The van der Waals surface area contributed by atoms with Crippen molar-refractivity contribution >= 4 is 16.8 Å². The maximum Gasteiger partial charge on any atom is 0.251 e. The molecule has 1 aromatic heterocycles. The third kappa shape index (κ3) is 1.97. The van der Waals surface area contributed by atoms with Crippen molar-refractivity contribution in [2.24, 2.45) is 5.73 Å². The molecule has 0 radical (unpaired) electrons. The van der Waals surface area contributed by atoms with Crippen molar-refractivity contribution in [3.63, 3.8) is 0 Å². The summed E-state index contributed by atoms with van der Waals surface area (Å²) in [4.78, 5) is 11.7. The number of para-hydroxylation sites is 1. The zero-order valence-electron chi connectivity index (χ0n) is 11.3. The molecule has 1 heterocycles. The third-order valence-corrected chi connectivity index (χ3v) is 3.66. The fourth-order valence-electron chi connectivity index (χ4n) is 2.71. The number of carbonyl (C=O) groups is 1. The first-order chi connectivity index (χ1) is 9.68. The topological polar surface area (TPSA) is 48.0 Å². The zero-order valence-corrected chi connectivity index (χ0v) is 11.3. The maximum atomic E-state index is 11.7. The van der Waals surface area contributed by atoms with Gasteiger partial charge in [0.25, 0.3) is 5.91 Å². The standard InChI is InChI=1S/C17H16N2O/c1-12-16(17(18)20)14-9-5-6-10-15(14)19(12)11-13-7-3-2-4-8-13/h2-10H,11H2,1H3,(H2,18,20). The van der Waals surface area contributed by atoms with Gasteiger partial charge in [-0.25, -0.2) is 0 Å². The molecule has 0 fully saturated rings. The predicted molar refractivity (Wildman–Crippen MR) is 80.7 cm³/mol. The number of benzene rings is 2. The van der Waals surface area contributed by atoms with Crippen molar-refractivity contribution in [2.45, 2.75) is 13.5 Å². The summed E-state index contributed by atoms with van der Waals surface area (Å²) >= 11 is 0. The fraction of sp³-hybridized carbons (Fsp3) is 0.118. The summed E-state index contributed by atoms with van der Waals surface area (Å²) < 4.78 is 2.14. The number of nitrogens with zero attached hydrogens (tertiary/aromatic N) is 1. The lowest BCUT2D eigenvalue weighted by molar-refractivity contribution is 0.100. The molecule has 2 aromatic carbocycles. The summed E-state index contributed by atoms with van der Waals surface area (Å²) in [5.41, 5.74) is 9.32. The molecule has 3 heteroatoms. The Balaban J connectivity index is 2.20. The molecule has 0 spiro atoms. The van der Waals surface area contributed by atoms with Crippen LogP contribution in [0.4, 0.5) is 0 Å². The van der Waals surface area contributed by atoms with E-state index < -0.39 is 0 Å². The van der Waals surface area contributed by atoms with Crippen LogP contribution < -0.4 is 5.73 Å². The van der Waals surface area contributed by atoms with Crippen LogP contribution in [-0.2, 0) is 6.54 Å². The summed E-state index contributed by atoms with van der Waals surface area (Å²) in [6, 6.07) is 18.1. The molecule has 0 unspecified atom stereocenters. The minimum atomic E-state index is -0.370. The molecule has 0 saturated heterocycles. The third-order valence-electron chi connectivity index (χ3n) is 3.66. The molecule has 0 saturated carbocycles. The van der Waals surface area contributed by atoms with E-state index in [-0.39, 0.29) is 5.91 Å². The minimum Gasteiger partial charge on any atom is -0.366 e. The van der Waals surface area contributed by atoms with Crippen molar-refractivity contribution in [1.29, 1.82) is 0 Å². The second kappa shape index (κ2) is 4.85. The maximum absolute atomic E-state index is 11.7. The first-order valence-electron chi connectivity index (χ1n) is 6.60. The highest BCUT2D eigenvalue weighted by Crippen LogP contribution is 2.26. The van der Waals surface area contributed by atoms with Crippen LogP contribution in [0.15, 0.2) is 54.6 Å². The Morgan fingerprint density at radius 2 is 1.70 bits per heavy atom. The number of hydrogen-bond donors (Lipinski definition) is 1. The Morgan fingerprint density at radius 3 is 2.40 bits per heavy atom. The lowest BCUT2D eigenvalue weighted by Gasteiger charge is -2.08. The van der Waals surface area contributed by atoms with Gasteiger partial charge in [-0.2, -0.15) is 0 Å². The first kappa shape index (κ1) is 12.5. The van der Waals surface area contributed by atoms with Crippen LogP contribution in [-0.4, -0.2) is 10.5 Å². The van der Waals surface area contributed by atoms with E-state index in [0.717, 1.165) is 23.1 Å². The Morgan fingerprint density at radius 1 is 1.05 bits per heavy atom. The highest BCUT2D eigenvalue weighted by molar-refractivity contribution is 6.07. The second-order valence-electron chi connectivity index (χ2n) is 4.91. The summed E-state index contributed by atoms with van der Waals surface area (Å²) in [5, 5.41) is 0.924. The minimum absolute atomic E-state index is 0.370. The molecule has 0 bridgehead atoms. The summed E-state index contributed by atoms with van der Waals surface area (Å²) in [5.74, 6) is -0.370. The second-order valence-corrected chi connectivity index (χ2v) is 4.91. The van der Waals surface area contributed by atoms with Crippen LogP contribution in [0.25, 0.3) is 10.9 Å². The number of nitrogens with two attached hydrogens (primary N) is 1. The quantitative estimate of drug-likeness (QED) is 0.776. The number of rotatable bonds is 3. The van der Waals surface area contributed by atoms with Gasteiger partial charge in [-0.1, -0.05) is 48.5 Å². The van der Waals surface area contributed by atoms with Crippen LogP contribution in [0.1, 0.15) is 21.6 Å². The van der Waals surface area contributed by atoms with Gasteiger partial charge >= 0.3 is 0 Å². The van der Waals surface area contributed by atoms with Gasteiger partial charge in [0.05, 0.1) is 5.56 Å². The van der Waals surface area contributed by atoms with Gasteiger partial charge in [0.2, 0.25) is 0 Å². The molecule has 0 aliphatic rings. The van der Waals surface area contributed by atoms with Crippen molar-refractivity contribution in [3.05, 3.63) is 71.4 Å². The largest absolute Gasteiger partial charge is 0.366 e. The average molecular weight is 264 g/mol. The Bertz CT molecular complexity index is 772. The number of aromatic nitrogens is 1. The molecule has 20 heavy (non-hydrogen) atoms. The Hall–Kier alpha value is -2.55. The van der Waals surface area contributed by atoms with Crippen molar-refractivity contribution in [1.82, 2.24) is 4.57 Å². The molecule has 1 amide bonds. The molecule has 3 aromatic rings. The lowest BCUT2D eigenvalue weighted by atomic mass is 10.1. The molecule has 0 aliphatic heterocycles. The van der Waals surface area contributed by atoms with Gasteiger partial charge in [-0.3, -0.25) is 4.79 Å². The smallest absolute Gasteiger partial charge is 0.251 e. The first-order valence-corrected chi connectivity index (χ1v) is 6.60. The Kier molecular flexibility index (Phi) is 3.03. The van der Waals surface area contributed by atoms with E-state index in [1.807, 2.05) is 49.4 Å². The summed E-state index contributed by atoms with van der Waals surface area (Å²) in [7, 11) is 0. The van der Waals surface area contributed by atoms with E-state index in [1.165, 1.54) is 5.56 Å². The molecule has 0 atom stereocenters. The molecular formula is C17H16N2O. The van der Waals surface area contributed by atoms with Gasteiger partial charge in [-0.15, -0.1) is 0 Å². The predicted octanol–water partition coefficient (Wildman–Crippen LogP) is 3.10. The van der Waals surface area contributed by atoms with Gasteiger partial charge in [0.15, 0.2) is 0 Å². The van der Waals surface area contributed by atoms with E-state index >= 15 is 0 Å². The number of amides is 1. The van der Waals surface area contributed by atoms with Gasteiger partial charge in [0.1, 0.15) is 0 Å². The highest BCUT2D eigenvalue weighted by Gasteiger charge is 2.17. The molecule has 2 N–H and O–H groups in total.